The van der Waals surface area contributed by atoms with Crippen LogP contribution in [0.4, 0.5) is 23.1 Å². The largest absolute Gasteiger partial charge is 0.398 e. The van der Waals surface area contributed by atoms with Crippen molar-refractivity contribution in [2.24, 2.45) is 0 Å². The van der Waals surface area contributed by atoms with Crippen molar-refractivity contribution in [3.05, 3.63) is 35.5 Å². The first-order valence-corrected chi connectivity index (χ1v) is 5.36. The van der Waals surface area contributed by atoms with Crippen LogP contribution >= 0.6 is 0 Å². The molecule has 2 rings (SSSR count). The van der Waals surface area contributed by atoms with Crippen molar-refractivity contribution in [2.75, 3.05) is 16.8 Å². The maximum atomic E-state index is 7.18. The van der Waals surface area contributed by atoms with Gasteiger partial charge < -0.3 is 22.2 Å². The lowest BCUT2D eigenvalue weighted by Gasteiger charge is -2.10. The van der Waals surface area contributed by atoms with Gasteiger partial charge in [0.25, 0.3) is 0 Å². The lowest BCUT2D eigenvalue weighted by molar-refractivity contribution is 1.15. The van der Waals surface area contributed by atoms with Crippen LogP contribution in [0.1, 0.15) is 11.1 Å². The van der Waals surface area contributed by atoms with E-state index in [1.807, 2.05) is 13.0 Å². The number of anilines is 4. The van der Waals surface area contributed by atoms with Crippen molar-refractivity contribution in [2.45, 2.75) is 6.92 Å². The fourth-order valence-electron chi connectivity index (χ4n) is 1.50. The third kappa shape index (κ3) is 2.37. The van der Waals surface area contributed by atoms with Gasteiger partial charge in [-0.1, -0.05) is 0 Å². The average molecular weight is 242 g/mol. The van der Waals surface area contributed by atoms with Gasteiger partial charge in [0.15, 0.2) is 0 Å². The lowest BCUT2D eigenvalue weighted by atomic mass is 10.1. The van der Waals surface area contributed by atoms with Crippen LogP contribution in [0, 0.1) is 12.3 Å². The summed E-state index contributed by atoms with van der Waals surface area (Å²) in [7, 11) is 0. The minimum absolute atomic E-state index is 0.215. The van der Waals surface area contributed by atoms with Crippen molar-refractivity contribution in [3.8, 4) is 0 Å². The van der Waals surface area contributed by atoms with E-state index in [2.05, 4.69) is 15.3 Å². The molecule has 0 saturated heterocycles. The van der Waals surface area contributed by atoms with Gasteiger partial charge in [0.1, 0.15) is 5.82 Å². The number of aryl methyl sites for hydroxylation is 1. The maximum Gasteiger partial charge on any atom is 0.221 e. The first-order chi connectivity index (χ1) is 8.60. The minimum atomic E-state index is 0.215. The van der Waals surface area contributed by atoms with Crippen molar-refractivity contribution in [3.63, 3.8) is 0 Å². The zero-order valence-corrected chi connectivity index (χ0v) is 9.94. The summed E-state index contributed by atoms with van der Waals surface area (Å²) in [5.74, 6) is 0.858. The normalized spacial score (nSPS) is 10.1. The predicted octanol–water partition coefficient (Wildman–Crippen LogP) is 1.69. The van der Waals surface area contributed by atoms with E-state index in [4.69, 9.17) is 16.9 Å². The van der Waals surface area contributed by atoms with Crippen LogP contribution in [0.15, 0.2) is 24.4 Å². The molecule has 0 spiro atoms. The van der Waals surface area contributed by atoms with Crippen molar-refractivity contribution in [1.82, 2.24) is 9.97 Å². The molecule has 0 unspecified atom stereocenters. The Morgan fingerprint density at radius 2 is 2.11 bits per heavy atom. The van der Waals surface area contributed by atoms with E-state index in [0.29, 0.717) is 17.1 Å². The molecule has 6 heteroatoms. The van der Waals surface area contributed by atoms with Gasteiger partial charge in [0.2, 0.25) is 5.95 Å². The second-order valence-electron chi connectivity index (χ2n) is 3.87. The SMILES string of the molecule is Cc1cnc(N)nc1Nc1ccc(C=N)c(N)c1. The predicted molar refractivity (Wildman–Crippen MR) is 73.2 cm³/mol. The van der Waals surface area contributed by atoms with E-state index in [1.54, 1.807) is 18.3 Å². The van der Waals surface area contributed by atoms with Gasteiger partial charge in [0.05, 0.1) is 0 Å². The van der Waals surface area contributed by atoms with Crippen LogP contribution in [-0.4, -0.2) is 16.2 Å². The van der Waals surface area contributed by atoms with Gasteiger partial charge in [-0.3, -0.25) is 0 Å². The third-order valence-corrected chi connectivity index (χ3v) is 2.50. The summed E-state index contributed by atoms with van der Waals surface area (Å²) < 4.78 is 0. The summed E-state index contributed by atoms with van der Waals surface area (Å²) in [4.78, 5) is 8.01. The third-order valence-electron chi connectivity index (χ3n) is 2.50. The Labute approximate surface area is 105 Å². The molecule has 1 aromatic carbocycles. The first kappa shape index (κ1) is 11.8. The molecule has 0 atom stereocenters. The van der Waals surface area contributed by atoms with Gasteiger partial charge in [-0.15, -0.1) is 0 Å². The van der Waals surface area contributed by atoms with E-state index >= 15 is 0 Å². The number of benzene rings is 1. The molecule has 0 aliphatic carbocycles. The van der Waals surface area contributed by atoms with Crippen LogP contribution in [-0.2, 0) is 0 Å². The molecule has 1 aromatic heterocycles. The molecule has 1 heterocycles. The van der Waals surface area contributed by atoms with Crippen LogP contribution < -0.4 is 16.8 Å². The van der Waals surface area contributed by atoms with Gasteiger partial charge >= 0.3 is 0 Å². The number of nitrogen functional groups attached to an aromatic ring is 2. The van der Waals surface area contributed by atoms with E-state index in [-0.39, 0.29) is 5.95 Å². The summed E-state index contributed by atoms with van der Waals surface area (Å²) in [5, 5.41) is 10.3. The second kappa shape index (κ2) is 4.70. The minimum Gasteiger partial charge on any atom is -0.398 e. The molecule has 0 aliphatic rings. The average Bonchev–Trinajstić information content (AvgIpc) is 2.34. The summed E-state index contributed by atoms with van der Waals surface area (Å²) >= 11 is 0. The summed E-state index contributed by atoms with van der Waals surface area (Å²) in [6.45, 7) is 1.89. The van der Waals surface area contributed by atoms with E-state index in [0.717, 1.165) is 11.3 Å². The fourth-order valence-corrected chi connectivity index (χ4v) is 1.50. The molecule has 0 bridgehead atoms. The molecule has 18 heavy (non-hydrogen) atoms. The standard InChI is InChI=1S/C12H14N6/c1-7-6-16-12(15)18-11(7)17-9-3-2-8(5-13)10(14)4-9/h2-6,13H,14H2,1H3,(H3,15,16,17,18). The molecule has 0 radical (unpaired) electrons. The number of nitrogens with zero attached hydrogens (tertiary/aromatic N) is 2. The highest BCUT2D eigenvalue weighted by atomic mass is 15.1. The quantitative estimate of drug-likeness (QED) is 0.483. The monoisotopic (exact) mass is 242 g/mol. The number of nitrogens with two attached hydrogens (primary N) is 2. The van der Waals surface area contributed by atoms with Gasteiger partial charge in [-0.05, 0) is 25.1 Å². The number of hydrogen-bond donors (Lipinski definition) is 4. The Morgan fingerprint density at radius 1 is 1.33 bits per heavy atom. The fraction of sp³-hybridized carbons (Fsp3) is 0.0833. The van der Waals surface area contributed by atoms with Crippen LogP contribution in [0.25, 0.3) is 0 Å². The highest BCUT2D eigenvalue weighted by Gasteiger charge is 2.04. The van der Waals surface area contributed by atoms with E-state index in [1.165, 1.54) is 6.21 Å². The van der Waals surface area contributed by atoms with Crippen LogP contribution in [0.5, 0.6) is 0 Å². The highest BCUT2D eigenvalue weighted by molar-refractivity contribution is 5.86. The van der Waals surface area contributed by atoms with Crippen LogP contribution in [0.3, 0.4) is 0 Å². The van der Waals surface area contributed by atoms with Crippen LogP contribution in [0.2, 0.25) is 0 Å². The van der Waals surface area contributed by atoms with Gasteiger partial charge in [-0.25, -0.2) is 4.98 Å². The smallest absolute Gasteiger partial charge is 0.221 e. The number of nitrogens with one attached hydrogen (secondary N) is 2. The molecule has 0 aliphatic heterocycles. The Hall–Kier alpha value is -2.63. The molecule has 0 saturated carbocycles. The van der Waals surface area contributed by atoms with E-state index in [9.17, 15) is 0 Å². The number of rotatable bonds is 3. The summed E-state index contributed by atoms with van der Waals surface area (Å²) in [6.07, 6.45) is 2.87. The zero-order valence-electron chi connectivity index (χ0n) is 9.94. The Kier molecular flexibility index (Phi) is 3.09. The topological polar surface area (TPSA) is 114 Å². The zero-order chi connectivity index (χ0) is 13.1. The lowest BCUT2D eigenvalue weighted by Crippen LogP contribution is -2.02. The molecular weight excluding hydrogens is 228 g/mol. The second-order valence-corrected chi connectivity index (χ2v) is 3.87. The molecule has 0 amide bonds. The van der Waals surface area contributed by atoms with Crippen molar-refractivity contribution < 1.29 is 0 Å². The molecule has 6 N–H and O–H groups in total. The number of aromatic nitrogens is 2. The Morgan fingerprint density at radius 3 is 2.78 bits per heavy atom. The maximum absolute atomic E-state index is 7.18. The molecule has 92 valence electrons. The number of hydrogen-bond acceptors (Lipinski definition) is 6. The molecule has 0 fully saturated rings. The van der Waals surface area contributed by atoms with E-state index < -0.39 is 0 Å². The first-order valence-electron chi connectivity index (χ1n) is 5.36. The van der Waals surface area contributed by atoms with Crippen molar-refractivity contribution >= 4 is 29.4 Å². The Bertz CT molecular complexity index is 593. The van der Waals surface area contributed by atoms with Gasteiger partial charge in [0, 0.05) is 34.9 Å². The molecular formula is C12H14N6. The molecule has 2 aromatic rings. The molecule has 6 nitrogen and oxygen atoms in total. The highest BCUT2D eigenvalue weighted by Crippen LogP contribution is 2.21. The van der Waals surface area contributed by atoms with Crippen molar-refractivity contribution in [1.29, 1.82) is 5.41 Å². The summed E-state index contributed by atoms with van der Waals surface area (Å²) in [6, 6.07) is 5.34. The van der Waals surface area contributed by atoms with Gasteiger partial charge in [-0.2, -0.15) is 4.98 Å². The summed E-state index contributed by atoms with van der Waals surface area (Å²) in [5.41, 5.74) is 14.2. The Balaban J connectivity index is 2.31.